The Kier molecular flexibility index (Phi) is 4.89. The van der Waals surface area contributed by atoms with Crippen molar-refractivity contribution in [2.75, 3.05) is 10.6 Å². The highest BCUT2D eigenvalue weighted by molar-refractivity contribution is 9.10. The fourth-order valence-corrected chi connectivity index (χ4v) is 4.12. The normalized spacial score (nSPS) is 14.4. The van der Waals surface area contributed by atoms with Crippen LogP contribution in [0.15, 0.2) is 65.3 Å². The molecule has 2 heterocycles. The minimum atomic E-state index is 0.400. The number of imidazole rings is 1. The lowest BCUT2D eigenvalue weighted by Crippen LogP contribution is -2.10. The van der Waals surface area contributed by atoms with Gasteiger partial charge in [0, 0.05) is 21.9 Å². The summed E-state index contributed by atoms with van der Waals surface area (Å²) >= 11 is 3.49. The molecule has 1 fully saturated rings. The molecule has 146 valence electrons. The van der Waals surface area contributed by atoms with Crippen LogP contribution in [0.3, 0.4) is 0 Å². The Hall–Kier alpha value is -2.93. The standard InChI is InChI=1S/C22H21BrN6/c23-15-10-12-17(13-11-15)26-22-27-19-14-24-21(25-16-6-2-1-3-7-16)28-20(19)29(22)18-8-4-5-9-18/h1-3,6-7,10-14,18H,4-5,8-9H2,(H,26,27)(H,24,25,28). The lowest BCUT2D eigenvalue weighted by molar-refractivity contribution is 0.535. The van der Waals surface area contributed by atoms with Crippen molar-refractivity contribution in [1.82, 2.24) is 19.5 Å². The maximum absolute atomic E-state index is 4.82. The van der Waals surface area contributed by atoms with Crippen molar-refractivity contribution in [2.24, 2.45) is 0 Å². The largest absolute Gasteiger partial charge is 0.326 e. The van der Waals surface area contributed by atoms with Gasteiger partial charge in [-0.05, 0) is 49.2 Å². The Morgan fingerprint density at radius 1 is 0.862 bits per heavy atom. The van der Waals surface area contributed by atoms with Crippen molar-refractivity contribution in [3.05, 3.63) is 65.3 Å². The monoisotopic (exact) mass is 448 g/mol. The van der Waals surface area contributed by atoms with Gasteiger partial charge in [0.1, 0.15) is 5.52 Å². The van der Waals surface area contributed by atoms with Crippen molar-refractivity contribution in [1.29, 1.82) is 0 Å². The van der Waals surface area contributed by atoms with Gasteiger partial charge in [-0.3, -0.25) is 4.57 Å². The van der Waals surface area contributed by atoms with E-state index in [1.54, 1.807) is 6.20 Å². The number of halogens is 1. The number of para-hydroxylation sites is 1. The summed E-state index contributed by atoms with van der Waals surface area (Å²) in [6, 6.07) is 18.5. The second-order valence-corrected chi connectivity index (χ2v) is 8.18. The lowest BCUT2D eigenvalue weighted by Gasteiger charge is -2.16. The highest BCUT2D eigenvalue weighted by Gasteiger charge is 2.24. The smallest absolute Gasteiger partial charge is 0.229 e. The molecule has 1 aliphatic carbocycles. The average Bonchev–Trinajstić information content (AvgIpc) is 3.37. The van der Waals surface area contributed by atoms with Crippen LogP contribution < -0.4 is 10.6 Å². The predicted molar refractivity (Wildman–Crippen MR) is 120 cm³/mol. The van der Waals surface area contributed by atoms with Crippen LogP contribution in [0.25, 0.3) is 11.2 Å². The fraction of sp³-hybridized carbons (Fsp3) is 0.227. The van der Waals surface area contributed by atoms with E-state index < -0.39 is 0 Å². The van der Waals surface area contributed by atoms with E-state index in [1.807, 2.05) is 54.6 Å². The summed E-state index contributed by atoms with van der Waals surface area (Å²) in [4.78, 5) is 14.1. The molecule has 0 spiro atoms. The molecule has 6 nitrogen and oxygen atoms in total. The quantitative estimate of drug-likeness (QED) is 0.380. The van der Waals surface area contributed by atoms with Crippen LogP contribution in [0.5, 0.6) is 0 Å². The lowest BCUT2D eigenvalue weighted by atomic mass is 10.2. The molecular formula is C22H21BrN6. The minimum Gasteiger partial charge on any atom is -0.326 e. The molecular weight excluding hydrogens is 428 g/mol. The van der Waals surface area contributed by atoms with E-state index in [9.17, 15) is 0 Å². The predicted octanol–water partition coefficient (Wildman–Crippen LogP) is 6.19. The van der Waals surface area contributed by atoms with E-state index >= 15 is 0 Å². The maximum atomic E-state index is 4.82. The van der Waals surface area contributed by atoms with Gasteiger partial charge < -0.3 is 10.6 Å². The zero-order valence-electron chi connectivity index (χ0n) is 15.8. The van der Waals surface area contributed by atoms with Crippen molar-refractivity contribution in [2.45, 2.75) is 31.7 Å². The van der Waals surface area contributed by atoms with Gasteiger partial charge in [-0.25, -0.2) is 9.97 Å². The van der Waals surface area contributed by atoms with Gasteiger partial charge in [0.25, 0.3) is 0 Å². The highest BCUT2D eigenvalue weighted by Crippen LogP contribution is 2.36. The molecule has 2 aromatic carbocycles. The number of aromatic nitrogens is 4. The molecule has 2 N–H and O–H groups in total. The van der Waals surface area contributed by atoms with Crippen LogP contribution in [-0.4, -0.2) is 19.5 Å². The number of benzene rings is 2. The van der Waals surface area contributed by atoms with Gasteiger partial charge in [-0.15, -0.1) is 0 Å². The van der Waals surface area contributed by atoms with Crippen molar-refractivity contribution < 1.29 is 0 Å². The zero-order chi connectivity index (χ0) is 19.6. The first kappa shape index (κ1) is 18.1. The number of hydrogen-bond donors (Lipinski definition) is 2. The number of anilines is 4. The SMILES string of the molecule is Brc1ccc(Nc2nc3cnc(Nc4ccccc4)nc3n2C2CCCC2)cc1. The van der Waals surface area contributed by atoms with Gasteiger partial charge in [0.15, 0.2) is 5.65 Å². The van der Waals surface area contributed by atoms with E-state index in [-0.39, 0.29) is 0 Å². The summed E-state index contributed by atoms with van der Waals surface area (Å²) in [6.45, 7) is 0. The number of nitrogens with zero attached hydrogens (tertiary/aromatic N) is 4. The summed E-state index contributed by atoms with van der Waals surface area (Å²) in [5.41, 5.74) is 3.63. The minimum absolute atomic E-state index is 0.400. The van der Waals surface area contributed by atoms with Gasteiger partial charge in [-0.2, -0.15) is 4.98 Å². The summed E-state index contributed by atoms with van der Waals surface area (Å²) in [7, 11) is 0. The maximum Gasteiger partial charge on any atom is 0.229 e. The van der Waals surface area contributed by atoms with Crippen LogP contribution in [0, 0.1) is 0 Å². The molecule has 1 saturated carbocycles. The highest BCUT2D eigenvalue weighted by atomic mass is 79.9. The van der Waals surface area contributed by atoms with Crippen molar-refractivity contribution in [3.8, 4) is 0 Å². The molecule has 0 aliphatic heterocycles. The Morgan fingerprint density at radius 3 is 2.34 bits per heavy atom. The first-order valence-corrected chi connectivity index (χ1v) is 10.7. The van der Waals surface area contributed by atoms with E-state index in [1.165, 1.54) is 12.8 Å². The molecule has 7 heteroatoms. The molecule has 0 bridgehead atoms. The van der Waals surface area contributed by atoms with Crippen molar-refractivity contribution >= 4 is 50.4 Å². The van der Waals surface area contributed by atoms with Crippen LogP contribution in [0.2, 0.25) is 0 Å². The van der Waals surface area contributed by atoms with E-state index in [0.717, 1.165) is 45.8 Å². The number of rotatable bonds is 5. The van der Waals surface area contributed by atoms with Gasteiger partial charge in [0.2, 0.25) is 11.9 Å². The molecule has 0 radical (unpaired) electrons. The third-order valence-corrected chi connectivity index (χ3v) is 5.78. The van der Waals surface area contributed by atoms with Gasteiger partial charge in [0.05, 0.1) is 6.20 Å². The molecule has 29 heavy (non-hydrogen) atoms. The Labute approximate surface area is 177 Å². The number of nitrogens with one attached hydrogen (secondary N) is 2. The molecule has 0 saturated heterocycles. The summed E-state index contributed by atoms with van der Waals surface area (Å²) in [5, 5.41) is 6.77. The van der Waals surface area contributed by atoms with Crippen LogP contribution in [0.1, 0.15) is 31.7 Å². The van der Waals surface area contributed by atoms with E-state index in [4.69, 9.17) is 9.97 Å². The Morgan fingerprint density at radius 2 is 1.59 bits per heavy atom. The third-order valence-electron chi connectivity index (χ3n) is 5.25. The zero-order valence-corrected chi connectivity index (χ0v) is 17.4. The Balaban J connectivity index is 1.55. The second-order valence-electron chi connectivity index (χ2n) is 7.27. The summed E-state index contributed by atoms with van der Waals surface area (Å²) in [5.74, 6) is 1.40. The van der Waals surface area contributed by atoms with Gasteiger partial charge in [-0.1, -0.05) is 47.0 Å². The van der Waals surface area contributed by atoms with Crippen LogP contribution in [-0.2, 0) is 0 Å². The number of fused-ring (bicyclic) bond motifs is 1. The second kappa shape index (κ2) is 7.83. The topological polar surface area (TPSA) is 67.7 Å². The molecule has 4 aromatic rings. The van der Waals surface area contributed by atoms with Crippen molar-refractivity contribution in [3.63, 3.8) is 0 Å². The average molecular weight is 449 g/mol. The molecule has 0 atom stereocenters. The molecule has 0 unspecified atom stereocenters. The number of hydrogen-bond acceptors (Lipinski definition) is 5. The Bertz CT molecular complexity index is 1120. The van der Waals surface area contributed by atoms with E-state index in [0.29, 0.717) is 12.0 Å². The third kappa shape index (κ3) is 3.82. The van der Waals surface area contributed by atoms with Crippen LogP contribution in [0.4, 0.5) is 23.3 Å². The summed E-state index contributed by atoms with van der Waals surface area (Å²) < 4.78 is 3.30. The summed E-state index contributed by atoms with van der Waals surface area (Å²) in [6.07, 6.45) is 6.56. The van der Waals surface area contributed by atoms with E-state index in [2.05, 4.69) is 36.1 Å². The fourth-order valence-electron chi connectivity index (χ4n) is 3.86. The molecule has 1 aliphatic rings. The van der Waals surface area contributed by atoms with Gasteiger partial charge >= 0.3 is 0 Å². The molecule has 5 rings (SSSR count). The molecule has 2 aromatic heterocycles. The van der Waals surface area contributed by atoms with Crippen LogP contribution >= 0.6 is 15.9 Å². The first-order valence-electron chi connectivity index (χ1n) is 9.86. The molecule has 0 amide bonds. The first-order chi connectivity index (χ1) is 14.3.